The van der Waals surface area contributed by atoms with Crippen molar-refractivity contribution in [1.29, 1.82) is 0 Å². The van der Waals surface area contributed by atoms with Gasteiger partial charge in [0.2, 0.25) is 5.91 Å². The van der Waals surface area contributed by atoms with Crippen molar-refractivity contribution in [1.82, 2.24) is 9.88 Å². The van der Waals surface area contributed by atoms with Crippen LogP contribution in [0.4, 0.5) is 5.13 Å². The van der Waals surface area contributed by atoms with Crippen molar-refractivity contribution in [2.75, 3.05) is 18.5 Å². The molecule has 140 valence electrons. The smallest absolute Gasteiger partial charge is 0.350 e. The second kappa shape index (κ2) is 7.67. The van der Waals surface area contributed by atoms with Crippen molar-refractivity contribution in [2.24, 2.45) is 0 Å². The Morgan fingerprint density at radius 3 is 2.41 bits per heavy atom. The quantitative estimate of drug-likeness (QED) is 0.602. The van der Waals surface area contributed by atoms with Gasteiger partial charge >= 0.3 is 5.97 Å². The van der Waals surface area contributed by atoms with Crippen LogP contribution >= 0.6 is 11.3 Å². The zero-order chi connectivity index (χ0) is 19.6. The van der Waals surface area contributed by atoms with E-state index in [1.165, 1.54) is 0 Å². The molecule has 0 bridgehead atoms. The molecule has 0 fully saturated rings. The Balaban J connectivity index is 1.60. The number of benzene rings is 1. The fourth-order valence-electron chi connectivity index (χ4n) is 2.67. The Bertz CT molecular complexity index is 902. The molecule has 0 aliphatic carbocycles. The first-order valence-corrected chi connectivity index (χ1v) is 9.13. The van der Waals surface area contributed by atoms with Crippen molar-refractivity contribution >= 4 is 40.2 Å². The standard InChI is InChI=1S/C18H17N3O5S/c1-3-26-17(25)14-10(2)19-18(27-14)20-13(22)8-9-21-15(23)11-6-4-5-7-12(11)16(21)24/h4-7H,3,8-9H2,1-2H3,(H,19,20,22). The molecule has 1 aliphatic rings. The van der Waals surface area contributed by atoms with E-state index in [1.54, 1.807) is 38.1 Å². The molecule has 2 aromatic rings. The Labute approximate surface area is 159 Å². The molecule has 8 nitrogen and oxygen atoms in total. The third-order valence-corrected chi connectivity index (χ3v) is 5.00. The van der Waals surface area contributed by atoms with Crippen LogP contribution in [0.25, 0.3) is 0 Å². The van der Waals surface area contributed by atoms with E-state index in [0.29, 0.717) is 21.7 Å². The van der Waals surface area contributed by atoms with Gasteiger partial charge < -0.3 is 10.1 Å². The van der Waals surface area contributed by atoms with E-state index in [-0.39, 0.29) is 24.7 Å². The zero-order valence-electron chi connectivity index (χ0n) is 14.8. The van der Waals surface area contributed by atoms with Gasteiger partial charge in [0, 0.05) is 13.0 Å². The van der Waals surface area contributed by atoms with Gasteiger partial charge in [-0.1, -0.05) is 23.5 Å². The van der Waals surface area contributed by atoms with Crippen LogP contribution in [0.5, 0.6) is 0 Å². The van der Waals surface area contributed by atoms with Crippen LogP contribution in [-0.2, 0) is 9.53 Å². The molecule has 0 atom stereocenters. The summed E-state index contributed by atoms with van der Waals surface area (Å²) in [6, 6.07) is 6.55. The highest BCUT2D eigenvalue weighted by molar-refractivity contribution is 7.17. The van der Waals surface area contributed by atoms with Crippen molar-refractivity contribution in [3.05, 3.63) is 46.0 Å². The molecule has 1 N–H and O–H groups in total. The number of hydrogen-bond acceptors (Lipinski definition) is 7. The molecule has 0 radical (unpaired) electrons. The maximum atomic E-state index is 12.3. The number of rotatable bonds is 6. The first-order valence-electron chi connectivity index (χ1n) is 8.32. The summed E-state index contributed by atoms with van der Waals surface area (Å²) in [5.41, 5.74) is 1.16. The van der Waals surface area contributed by atoms with Gasteiger partial charge in [-0.3, -0.25) is 19.3 Å². The number of aryl methyl sites for hydroxylation is 1. The molecule has 2 heterocycles. The Morgan fingerprint density at radius 2 is 1.81 bits per heavy atom. The first-order chi connectivity index (χ1) is 12.9. The van der Waals surface area contributed by atoms with Crippen molar-refractivity contribution < 1.29 is 23.9 Å². The normalized spacial score (nSPS) is 12.9. The predicted octanol–water partition coefficient (Wildman–Crippen LogP) is 2.25. The summed E-state index contributed by atoms with van der Waals surface area (Å²) in [5.74, 6) is -1.70. The van der Waals surface area contributed by atoms with Gasteiger partial charge in [0.1, 0.15) is 4.88 Å². The number of hydrogen-bond donors (Lipinski definition) is 1. The summed E-state index contributed by atoms with van der Waals surface area (Å²) in [6.07, 6.45) is -0.0706. The van der Waals surface area contributed by atoms with Crippen LogP contribution in [0.15, 0.2) is 24.3 Å². The maximum absolute atomic E-state index is 12.3. The number of imide groups is 1. The lowest BCUT2D eigenvalue weighted by molar-refractivity contribution is -0.116. The van der Waals surface area contributed by atoms with Gasteiger partial charge in [-0.15, -0.1) is 0 Å². The molecular formula is C18H17N3O5S. The second-order valence-corrected chi connectivity index (χ2v) is 6.76. The number of carbonyl (C=O) groups excluding carboxylic acids is 4. The largest absolute Gasteiger partial charge is 0.462 e. The highest BCUT2D eigenvalue weighted by atomic mass is 32.1. The van der Waals surface area contributed by atoms with Crippen molar-refractivity contribution in [3.63, 3.8) is 0 Å². The molecule has 0 saturated carbocycles. The molecule has 9 heteroatoms. The maximum Gasteiger partial charge on any atom is 0.350 e. The molecule has 3 rings (SSSR count). The predicted molar refractivity (Wildman–Crippen MR) is 97.9 cm³/mol. The lowest BCUT2D eigenvalue weighted by Gasteiger charge is -2.12. The lowest BCUT2D eigenvalue weighted by Crippen LogP contribution is -2.32. The molecule has 1 aromatic carbocycles. The number of thiazole rings is 1. The highest BCUT2D eigenvalue weighted by Crippen LogP contribution is 2.24. The number of carbonyl (C=O) groups is 4. The monoisotopic (exact) mass is 387 g/mol. The summed E-state index contributed by atoms with van der Waals surface area (Å²) in [5, 5.41) is 2.85. The van der Waals surface area contributed by atoms with Crippen molar-refractivity contribution in [2.45, 2.75) is 20.3 Å². The molecule has 3 amide bonds. The van der Waals surface area contributed by atoms with Gasteiger partial charge in [-0.25, -0.2) is 9.78 Å². The van der Waals surface area contributed by atoms with E-state index in [9.17, 15) is 19.2 Å². The number of esters is 1. The minimum absolute atomic E-state index is 0.0345. The summed E-state index contributed by atoms with van der Waals surface area (Å²) in [6.45, 7) is 3.57. The molecule has 27 heavy (non-hydrogen) atoms. The van der Waals surface area contributed by atoms with Gasteiger partial charge in [-0.05, 0) is 26.0 Å². The number of aromatic nitrogens is 1. The topological polar surface area (TPSA) is 106 Å². The Kier molecular flexibility index (Phi) is 5.31. The lowest BCUT2D eigenvalue weighted by atomic mass is 10.1. The fourth-order valence-corrected chi connectivity index (χ4v) is 3.55. The fraction of sp³-hybridized carbons (Fsp3) is 0.278. The number of nitrogens with one attached hydrogen (secondary N) is 1. The Morgan fingerprint density at radius 1 is 1.19 bits per heavy atom. The summed E-state index contributed by atoms with van der Waals surface area (Å²) in [7, 11) is 0. The van der Waals surface area contributed by atoms with Gasteiger partial charge in [-0.2, -0.15) is 0 Å². The van der Waals surface area contributed by atoms with Gasteiger partial charge in [0.05, 0.1) is 23.4 Å². The number of anilines is 1. The minimum Gasteiger partial charge on any atom is -0.462 e. The second-order valence-electron chi connectivity index (χ2n) is 5.76. The number of fused-ring (bicyclic) bond motifs is 1. The zero-order valence-corrected chi connectivity index (χ0v) is 15.6. The third-order valence-electron chi connectivity index (χ3n) is 3.94. The van der Waals surface area contributed by atoms with Crippen LogP contribution < -0.4 is 5.32 Å². The van der Waals surface area contributed by atoms with E-state index >= 15 is 0 Å². The van der Waals surface area contributed by atoms with Crippen LogP contribution in [0.3, 0.4) is 0 Å². The highest BCUT2D eigenvalue weighted by Gasteiger charge is 2.35. The van der Waals surface area contributed by atoms with Crippen molar-refractivity contribution in [3.8, 4) is 0 Å². The average Bonchev–Trinajstić information content (AvgIpc) is 3.12. The summed E-state index contributed by atoms with van der Waals surface area (Å²) in [4.78, 5) is 54.0. The Hall–Kier alpha value is -3.07. The minimum atomic E-state index is -0.487. The number of amides is 3. The molecule has 1 aliphatic heterocycles. The van der Waals surface area contributed by atoms with E-state index in [1.807, 2.05) is 0 Å². The third kappa shape index (κ3) is 3.72. The van der Waals surface area contributed by atoms with Gasteiger partial charge in [0.15, 0.2) is 5.13 Å². The SMILES string of the molecule is CCOC(=O)c1sc(NC(=O)CCN2C(=O)c3ccccc3C2=O)nc1C. The molecule has 0 unspecified atom stereocenters. The van der Waals surface area contributed by atoms with E-state index in [2.05, 4.69) is 10.3 Å². The van der Waals surface area contributed by atoms with E-state index in [0.717, 1.165) is 16.2 Å². The molecule has 1 aromatic heterocycles. The van der Waals surface area contributed by atoms with E-state index < -0.39 is 23.7 Å². The van der Waals surface area contributed by atoms with Crippen LogP contribution in [-0.4, -0.2) is 46.7 Å². The van der Waals surface area contributed by atoms with Crippen LogP contribution in [0.1, 0.15) is 49.4 Å². The summed E-state index contributed by atoms with van der Waals surface area (Å²) >= 11 is 1.02. The first kappa shape index (κ1) is 18.7. The summed E-state index contributed by atoms with van der Waals surface area (Å²) < 4.78 is 4.93. The molecule has 0 spiro atoms. The molecule has 0 saturated heterocycles. The molecular weight excluding hydrogens is 370 g/mol. The average molecular weight is 387 g/mol. The number of nitrogens with zero attached hydrogens (tertiary/aromatic N) is 2. The van der Waals surface area contributed by atoms with Crippen LogP contribution in [0.2, 0.25) is 0 Å². The van der Waals surface area contributed by atoms with Crippen LogP contribution in [0, 0.1) is 6.92 Å². The van der Waals surface area contributed by atoms with Gasteiger partial charge in [0.25, 0.3) is 11.8 Å². The number of ether oxygens (including phenoxy) is 1. The van der Waals surface area contributed by atoms with E-state index in [4.69, 9.17) is 4.74 Å².